The molecule has 0 heterocycles. The van der Waals surface area contributed by atoms with Crippen molar-refractivity contribution in [2.45, 2.75) is 6.42 Å². The number of benzene rings is 3. The predicted molar refractivity (Wildman–Crippen MR) is 115 cm³/mol. The first-order valence-electron chi connectivity index (χ1n) is 9.65. The summed E-state index contributed by atoms with van der Waals surface area (Å²) in [6.07, 6.45) is 0.0463. The highest BCUT2D eigenvalue weighted by atomic mass is 19.1. The van der Waals surface area contributed by atoms with Crippen LogP contribution in [0.4, 0.5) is 14.5 Å². The molecule has 0 saturated carbocycles. The third-order valence-electron chi connectivity index (χ3n) is 4.63. The molecule has 0 aliphatic carbocycles. The molecule has 0 aliphatic rings. The number of carbonyl (C=O) groups is 3. The number of halogens is 2. The summed E-state index contributed by atoms with van der Waals surface area (Å²) in [6, 6.07) is 16.2. The summed E-state index contributed by atoms with van der Waals surface area (Å²) in [5.74, 6) is -2.62. The van der Waals surface area contributed by atoms with Crippen LogP contribution in [0, 0.1) is 11.6 Å². The lowest BCUT2D eigenvalue weighted by Gasteiger charge is -2.09. The minimum atomic E-state index is -0.705. The van der Waals surface area contributed by atoms with Crippen molar-refractivity contribution in [3.8, 4) is 11.1 Å². The second-order valence-electron chi connectivity index (χ2n) is 6.88. The number of rotatable bonds is 7. The number of esters is 1. The van der Waals surface area contributed by atoms with E-state index in [0.717, 1.165) is 0 Å². The Bertz CT molecular complexity index is 1130. The van der Waals surface area contributed by atoms with E-state index in [1.807, 2.05) is 0 Å². The van der Waals surface area contributed by atoms with Gasteiger partial charge in [-0.1, -0.05) is 30.3 Å². The molecule has 0 unspecified atom stereocenters. The van der Waals surface area contributed by atoms with Gasteiger partial charge >= 0.3 is 5.97 Å². The van der Waals surface area contributed by atoms with E-state index in [-0.39, 0.29) is 24.4 Å². The van der Waals surface area contributed by atoms with Gasteiger partial charge in [0.25, 0.3) is 5.91 Å². The van der Waals surface area contributed by atoms with E-state index in [0.29, 0.717) is 22.4 Å². The Kier molecular flexibility index (Phi) is 7.28. The Morgan fingerprint density at radius 3 is 2.16 bits per heavy atom. The van der Waals surface area contributed by atoms with Gasteiger partial charge in [0.1, 0.15) is 18.2 Å². The van der Waals surface area contributed by atoms with Crippen LogP contribution in [0.25, 0.3) is 11.1 Å². The van der Waals surface area contributed by atoms with E-state index in [1.54, 1.807) is 30.3 Å². The lowest BCUT2D eigenvalue weighted by atomic mass is 10.0. The molecule has 3 aromatic carbocycles. The number of anilines is 1. The summed E-state index contributed by atoms with van der Waals surface area (Å²) in [5, 5.41) is 5.04. The number of nitrogens with one attached hydrogen (secondary N) is 2. The standard InChI is InChI=1S/C24H20F2N2O4/c1-32-23(30)14-27-22(29)12-15-2-9-19(10-3-15)28-24(31)20-11-6-17(13-21(20)26)16-4-7-18(25)8-5-16/h2-11,13H,12,14H2,1H3,(H,27,29)(H,28,31). The maximum Gasteiger partial charge on any atom is 0.325 e. The summed E-state index contributed by atoms with van der Waals surface area (Å²) >= 11 is 0. The van der Waals surface area contributed by atoms with Crippen LogP contribution in [0.1, 0.15) is 15.9 Å². The maximum absolute atomic E-state index is 14.5. The molecule has 3 aromatic rings. The second-order valence-corrected chi connectivity index (χ2v) is 6.88. The van der Waals surface area contributed by atoms with Crippen molar-refractivity contribution < 1.29 is 27.9 Å². The molecule has 2 N–H and O–H groups in total. The van der Waals surface area contributed by atoms with Gasteiger partial charge in [0, 0.05) is 5.69 Å². The zero-order valence-corrected chi connectivity index (χ0v) is 17.2. The van der Waals surface area contributed by atoms with Crippen LogP contribution < -0.4 is 10.6 Å². The van der Waals surface area contributed by atoms with Gasteiger partial charge in [0.05, 0.1) is 19.1 Å². The highest BCUT2D eigenvalue weighted by molar-refractivity contribution is 6.04. The third-order valence-corrected chi connectivity index (χ3v) is 4.63. The van der Waals surface area contributed by atoms with Gasteiger partial charge in [-0.2, -0.15) is 0 Å². The Hall–Kier alpha value is -4.07. The summed E-state index contributed by atoms with van der Waals surface area (Å²) in [4.78, 5) is 35.3. The topological polar surface area (TPSA) is 84.5 Å². The SMILES string of the molecule is COC(=O)CNC(=O)Cc1ccc(NC(=O)c2ccc(-c3ccc(F)cc3)cc2F)cc1. The molecule has 0 aliphatic heterocycles. The normalized spacial score (nSPS) is 10.3. The predicted octanol–water partition coefficient (Wildman–Crippen LogP) is 3.72. The van der Waals surface area contributed by atoms with E-state index < -0.39 is 23.5 Å². The number of hydrogen-bond donors (Lipinski definition) is 2. The van der Waals surface area contributed by atoms with Crippen LogP contribution in [0.3, 0.4) is 0 Å². The fourth-order valence-electron chi connectivity index (χ4n) is 2.92. The zero-order valence-electron chi connectivity index (χ0n) is 17.2. The minimum Gasteiger partial charge on any atom is -0.468 e. The molecule has 0 bridgehead atoms. The number of carbonyl (C=O) groups excluding carboxylic acids is 3. The molecule has 3 rings (SSSR count). The molecule has 6 nitrogen and oxygen atoms in total. The van der Waals surface area contributed by atoms with Crippen molar-refractivity contribution >= 4 is 23.5 Å². The van der Waals surface area contributed by atoms with Gasteiger partial charge in [-0.25, -0.2) is 8.78 Å². The summed E-state index contributed by atoms with van der Waals surface area (Å²) in [6.45, 7) is -0.213. The average Bonchev–Trinajstić information content (AvgIpc) is 2.79. The van der Waals surface area contributed by atoms with E-state index in [1.165, 1.54) is 43.5 Å². The lowest BCUT2D eigenvalue weighted by molar-refractivity contribution is -0.141. The van der Waals surface area contributed by atoms with E-state index in [9.17, 15) is 23.2 Å². The molecule has 8 heteroatoms. The van der Waals surface area contributed by atoms with Gasteiger partial charge in [-0.15, -0.1) is 0 Å². The van der Waals surface area contributed by atoms with Gasteiger partial charge in [0.2, 0.25) is 5.91 Å². The average molecular weight is 438 g/mol. The first-order chi connectivity index (χ1) is 15.4. The first kappa shape index (κ1) is 22.6. The summed E-state index contributed by atoms with van der Waals surface area (Å²) < 4.78 is 32.0. The lowest BCUT2D eigenvalue weighted by Crippen LogP contribution is -2.31. The molecule has 0 fully saturated rings. The Morgan fingerprint density at radius 1 is 0.875 bits per heavy atom. The number of amides is 2. The van der Waals surface area contributed by atoms with Crippen LogP contribution in [0.5, 0.6) is 0 Å². The van der Waals surface area contributed by atoms with Crippen LogP contribution in [0.2, 0.25) is 0 Å². The quantitative estimate of drug-likeness (QED) is 0.551. The first-order valence-corrected chi connectivity index (χ1v) is 9.65. The van der Waals surface area contributed by atoms with Crippen molar-refractivity contribution in [2.24, 2.45) is 0 Å². The van der Waals surface area contributed by atoms with Crippen molar-refractivity contribution in [3.63, 3.8) is 0 Å². The maximum atomic E-state index is 14.5. The summed E-state index contributed by atoms with van der Waals surface area (Å²) in [7, 11) is 1.23. The molecule has 0 aromatic heterocycles. The Morgan fingerprint density at radius 2 is 1.53 bits per heavy atom. The monoisotopic (exact) mass is 438 g/mol. The van der Waals surface area contributed by atoms with Gasteiger partial charge in [-0.3, -0.25) is 14.4 Å². The third kappa shape index (κ3) is 5.98. The van der Waals surface area contributed by atoms with E-state index >= 15 is 0 Å². The highest BCUT2D eigenvalue weighted by Crippen LogP contribution is 2.23. The molecule has 0 radical (unpaired) electrons. The smallest absolute Gasteiger partial charge is 0.325 e. The van der Waals surface area contributed by atoms with Crippen LogP contribution in [-0.4, -0.2) is 31.4 Å². The van der Waals surface area contributed by atoms with Crippen molar-refractivity contribution in [1.29, 1.82) is 0 Å². The Labute approximate surface area is 183 Å². The molecule has 0 spiro atoms. The van der Waals surface area contributed by atoms with Gasteiger partial charge < -0.3 is 15.4 Å². The van der Waals surface area contributed by atoms with Crippen LogP contribution in [-0.2, 0) is 20.7 Å². The largest absolute Gasteiger partial charge is 0.468 e. The minimum absolute atomic E-state index is 0.0463. The Balaban J connectivity index is 1.61. The molecule has 2 amide bonds. The fraction of sp³-hybridized carbons (Fsp3) is 0.125. The fourth-order valence-corrected chi connectivity index (χ4v) is 2.92. The van der Waals surface area contributed by atoms with Gasteiger partial charge in [-0.05, 0) is 53.1 Å². The van der Waals surface area contributed by atoms with E-state index in [2.05, 4.69) is 15.4 Å². The van der Waals surface area contributed by atoms with Crippen molar-refractivity contribution in [1.82, 2.24) is 5.32 Å². The molecule has 164 valence electrons. The number of hydrogen-bond acceptors (Lipinski definition) is 4. The molecular weight excluding hydrogens is 418 g/mol. The summed E-state index contributed by atoms with van der Waals surface area (Å²) in [5.41, 5.74) is 2.11. The molecule has 0 atom stereocenters. The second kappa shape index (κ2) is 10.3. The van der Waals surface area contributed by atoms with Crippen LogP contribution >= 0.6 is 0 Å². The van der Waals surface area contributed by atoms with E-state index in [4.69, 9.17) is 0 Å². The highest BCUT2D eigenvalue weighted by Gasteiger charge is 2.14. The van der Waals surface area contributed by atoms with Crippen LogP contribution in [0.15, 0.2) is 66.7 Å². The molecule has 0 saturated heterocycles. The zero-order chi connectivity index (χ0) is 23.1. The molecular formula is C24H20F2N2O4. The number of ether oxygens (including phenoxy) is 1. The molecule has 32 heavy (non-hydrogen) atoms. The number of methoxy groups -OCH3 is 1. The van der Waals surface area contributed by atoms with Crippen molar-refractivity contribution in [2.75, 3.05) is 19.0 Å². The van der Waals surface area contributed by atoms with Crippen molar-refractivity contribution in [3.05, 3.63) is 89.5 Å². The van der Waals surface area contributed by atoms with Gasteiger partial charge in [0.15, 0.2) is 0 Å².